The van der Waals surface area contributed by atoms with Gasteiger partial charge in [0.1, 0.15) is 0 Å². The van der Waals surface area contributed by atoms with E-state index in [-0.39, 0.29) is 11.2 Å². The summed E-state index contributed by atoms with van der Waals surface area (Å²) >= 11 is 1.62. The van der Waals surface area contributed by atoms with Crippen LogP contribution in [0.3, 0.4) is 0 Å². The van der Waals surface area contributed by atoms with Crippen molar-refractivity contribution < 1.29 is 4.79 Å². The molecule has 2 rings (SSSR count). The average molecular weight is 335 g/mol. The molecule has 0 aliphatic carbocycles. The zero-order valence-corrected chi connectivity index (χ0v) is 15.3. The fourth-order valence-corrected chi connectivity index (χ4v) is 3.95. The molecule has 0 radical (unpaired) electrons. The van der Waals surface area contributed by atoms with Crippen molar-refractivity contribution in [3.8, 4) is 0 Å². The van der Waals surface area contributed by atoms with Crippen molar-refractivity contribution in [3.05, 3.63) is 30.3 Å². The second-order valence-corrected chi connectivity index (χ2v) is 7.87. The van der Waals surface area contributed by atoms with Crippen molar-refractivity contribution in [2.45, 2.75) is 62.1 Å². The third-order valence-corrected chi connectivity index (χ3v) is 5.65. The molecule has 1 aliphatic heterocycles. The molecule has 1 aromatic rings. The summed E-state index contributed by atoms with van der Waals surface area (Å²) in [5, 5.41) is 3.03. The standard InChI is InChI=1S/C19H30N2OS/c1-16-10-6-8-14-21(16)15-9-7-13-20-19(22)17(2)23-18-11-4-3-5-12-18/h3-5,11-12,16-17H,6-10,13-15H2,1-2H3,(H,20,22). The molecule has 4 heteroatoms. The first kappa shape index (κ1) is 18.3. The third kappa shape index (κ3) is 6.56. The van der Waals surface area contributed by atoms with E-state index in [2.05, 4.69) is 17.1 Å². The van der Waals surface area contributed by atoms with Gasteiger partial charge in [0, 0.05) is 17.5 Å². The molecule has 1 N–H and O–H groups in total. The minimum atomic E-state index is -0.0421. The van der Waals surface area contributed by atoms with E-state index in [9.17, 15) is 4.79 Å². The summed E-state index contributed by atoms with van der Waals surface area (Å²) in [4.78, 5) is 15.9. The van der Waals surface area contributed by atoms with Gasteiger partial charge in [0.2, 0.25) is 5.91 Å². The van der Waals surface area contributed by atoms with Gasteiger partial charge in [0.05, 0.1) is 5.25 Å². The molecule has 0 bridgehead atoms. The minimum Gasteiger partial charge on any atom is -0.355 e. The van der Waals surface area contributed by atoms with Crippen LogP contribution in [-0.4, -0.2) is 41.7 Å². The Bertz CT molecular complexity index is 466. The summed E-state index contributed by atoms with van der Waals surface area (Å²) in [6, 6.07) is 10.9. The Morgan fingerprint density at radius 3 is 2.83 bits per heavy atom. The van der Waals surface area contributed by atoms with Gasteiger partial charge in [-0.05, 0) is 64.8 Å². The van der Waals surface area contributed by atoms with E-state index >= 15 is 0 Å². The lowest BCUT2D eigenvalue weighted by molar-refractivity contribution is -0.120. The molecular formula is C19H30N2OS. The van der Waals surface area contributed by atoms with E-state index in [4.69, 9.17) is 0 Å². The van der Waals surface area contributed by atoms with Crippen molar-refractivity contribution in [1.29, 1.82) is 0 Å². The van der Waals surface area contributed by atoms with E-state index in [1.54, 1.807) is 11.8 Å². The number of likely N-dealkylation sites (tertiary alicyclic amines) is 1. The monoisotopic (exact) mass is 334 g/mol. The predicted molar refractivity (Wildman–Crippen MR) is 98.9 cm³/mol. The molecule has 1 amide bonds. The maximum Gasteiger partial charge on any atom is 0.233 e. The topological polar surface area (TPSA) is 32.3 Å². The summed E-state index contributed by atoms with van der Waals surface area (Å²) in [5.41, 5.74) is 0. The van der Waals surface area contributed by atoms with Gasteiger partial charge in [0.25, 0.3) is 0 Å². The molecule has 3 nitrogen and oxygen atoms in total. The van der Waals surface area contributed by atoms with E-state index in [0.717, 1.165) is 23.9 Å². The van der Waals surface area contributed by atoms with E-state index < -0.39 is 0 Å². The van der Waals surface area contributed by atoms with Crippen molar-refractivity contribution >= 4 is 17.7 Å². The molecule has 2 unspecified atom stereocenters. The zero-order chi connectivity index (χ0) is 16.5. The minimum absolute atomic E-state index is 0.0421. The van der Waals surface area contributed by atoms with Crippen LogP contribution < -0.4 is 5.32 Å². The maximum atomic E-state index is 12.1. The number of hydrogen-bond donors (Lipinski definition) is 1. The molecule has 1 heterocycles. The van der Waals surface area contributed by atoms with Gasteiger partial charge < -0.3 is 10.2 Å². The number of piperidine rings is 1. The molecule has 1 fully saturated rings. The number of carbonyl (C=O) groups excluding carboxylic acids is 1. The number of benzene rings is 1. The lowest BCUT2D eigenvalue weighted by Crippen LogP contribution is -2.38. The molecule has 1 aromatic carbocycles. The molecule has 0 aromatic heterocycles. The molecule has 0 saturated carbocycles. The van der Waals surface area contributed by atoms with Gasteiger partial charge >= 0.3 is 0 Å². The van der Waals surface area contributed by atoms with Crippen molar-refractivity contribution in [2.24, 2.45) is 0 Å². The molecule has 2 atom stereocenters. The van der Waals surface area contributed by atoms with Crippen LogP contribution in [-0.2, 0) is 4.79 Å². The van der Waals surface area contributed by atoms with Crippen LogP contribution in [0.1, 0.15) is 46.0 Å². The first-order valence-electron chi connectivity index (χ1n) is 8.90. The lowest BCUT2D eigenvalue weighted by atomic mass is 10.0. The SMILES string of the molecule is CC(Sc1ccccc1)C(=O)NCCCCN1CCCCC1C. The van der Waals surface area contributed by atoms with Crippen LogP contribution in [0.25, 0.3) is 0 Å². The first-order chi connectivity index (χ1) is 11.2. The predicted octanol–water partition coefficient (Wildman–Crippen LogP) is 3.94. The van der Waals surface area contributed by atoms with Gasteiger partial charge in [0.15, 0.2) is 0 Å². The maximum absolute atomic E-state index is 12.1. The van der Waals surface area contributed by atoms with Crippen molar-refractivity contribution in [1.82, 2.24) is 10.2 Å². The van der Waals surface area contributed by atoms with E-state index in [0.29, 0.717) is 0 Å². The number of nitrogens with one attached hydrogen (secondary N) is 1. The van der Waals surface area contributed by atoms with Gasteiger partial charge in [-0.15, -0.1) is 11.8 Å². The Balaban J connectivity index is 1.57. The number of thioether (sulfide) groups is 1. The van der Waals surface area contributed by atoms with E-state index in [1.807, 2.05) is 37.3 Å². The van der Waals surface area contributed by atoms with Gasteiger partial charge in [-0.25, -0.2) is 0 Å². The van der Waals surface area contributed by atoms with Crippen LogP contribution in [0.4, 0.5) is 0 Å². The third-order valence-electron chi connectivity index (χ3n) is 4.54. The summed E-state index contributed by atoms with van der Waals surface area (Å²) in [6.07, 6.45) is 6.30. The number of rotatable bonds is 8. The molecule has 128 valence electrons. The number of carbonyl (C=O) groups is 1. The summed E-state index contributed by atoms with van der Waals surface area (Å²) in [7, 11) is 0. The molecule has 1 saturated heterocycles. The van der Waals surface area contributed by atoms with Crippen LogP contribution >= 0.6 is 11.8 Å². The highest BCUT2D eigenvalue weighted by molar-refractivity contribution is 8.00. The molecule has 23 heavy (non-hydrogen) atoms. The summed E-state index contributed by atoms with van der Waals surface area (Å²) < 4.78 is 0. The number of hydrogen-bond acceptors (Lipinski definition) is 3. The number of unbranched alkanes of at least 4 members (excludes halogenated alkanes) is 1. The summed E-state index contributed by atoms with van der Waals surface area (Å²) in [5.74, 6) is 0.144. The Kier molecular flexibility index (Phi) is 7.96. The zero-order valence-electron chi connectivity index (χ0n) is 14.5. The highest BCUT2D eigenvalue weighted by Gasteiger charge is 2.17. The van der Waals surface area contributed by atoms with Gasteiger partial charge in [-0.2, -0.15) is 0 Å². The molecular weight excluding hydrogens is 304 g/mol. The largest absolute Gasteiger partial charge is 0.355 e. The quantitative estimate of drug-likeness (QED) is 0.577. The highest BCUT2D eigenvalue weighted by atomic mass is 32.2. The van der Waals surface area contributed by atoms with Crippen LogP contribution in [0.5, 0.6) is 0 Å². The smallest absolute Gasteiger partial charge is 0.233 e. The fraction of sp³-hybridized carbons (Fsp3) is 0.632. The molecule has 0 spiro atoms. The van der Waals surface area contributed by atoms with E-state index in [1.165, 1.54) is 38.8 Å². The van der Waals surface area contributed by atoms with Crippen LogP contribution in [0.2, 0.25) is 0 Å². The second kappa shape index (κ2) is 9.99. The first-order valence-corrected chi connectivity index (χ1v) is 9.78. The highest BCUT2D eigenvalue weighted by Crippen LogP contribution is 2.22. The van der Waals surface area contributed by atoms with Gasteiger partial charge in [-0.3, -0.25) is 4.79 Å². The second-order valence-electron chi connectivity index (χ2n) is 6.45. The molecule has 1 aliphatic rings. The van der Waals surface area contributed by atoms with Gasteiger partial charge in [-0.1, -0.05) is 24.6 Å². The fourth-order valence-electron chi connectivity index (χ4n) is 3.04. The Morgan fingerprint density at radius 1 is 1.30 bits per heavy atom. The lowest BCUT2D eigenvalue weighted by Gasteiger charge is -2.33. The van der Waals surface area contributed by atoms with Crippen LogP contribution in [0, 0.1) is 0 Å². The Hall–Kier alpha value is -1.00. The van der Waals surface area contributed by atoms with Crippen molar-refractivity contribution in [2.75, 3.05) is 19.6 Å². The average Bonchev–Trinajstić information content (AvgIpc) is 2.57. The van der Waals surface area contributed by atoms with Crippen molar-refractivity contribution in [3.63, 3.8) is 0 Å². The number of amides is 1. The number of nitrogens with zero attached hydrogens (tertiary/aromatic N) is 1. The van der Waals surface area contributed by atoms with Crippen LogP contribution in [0.15, 0.2) is 35.2 Å². The summed E-state index contributed by atoms with van der Waals surface area (Å²) in [6.45, 7) is 7.52. The Morgan fingerprint density at radius 2 is 2.09 bits per heavy atom. The Labute approximate surface area is 145 Å². The normalized spacial score (nSPS) is 20.2.